The molecule has 1 aromatic carbocycles. The topological polar surface area (TPSA) is 105 Å². The van der Waals surface area contributed by atoms with Gasteiger partial charge in [-0.15, -0.1) is 0 Å². The first-order valence-corrected chi connectivity index (χ1v) is 9.39. The number of aromatic amines is 1. The molecule has 1 unspecified atom stereocenters. The summed E-state index contributed by atoms with van der Waals surface area (Å²) in [5, 5.41) is 18.4. The normalized spacial score (nSPS) is 12.9. The van der Waals surface area contributed by atoms with Crippen molar-refractivity contribution in [2.24, 2.45) is 0 Å². The van der Waals surface area contributed by atoms with Gasteiger partial charge in [0.15, 0.2) is 5.65 Å². The predicted octanol–water partition coefficient (Wildman–Crippen LogP) is 3.03. The molecule has 0 saturated heterocycles. The average Bonchev–Trinajstić information content (AvgIpc) is 3.06. The van der Waals surface area contributed by atoms with Gasteiger partial charge in [0, 0.05) is 6.54 Å². The lowest BCUT2D eigenvalue weighted by Crippen LogP contribution is -2.28. The average molecular weight is 426 g/mol. The van der Waals surface area contributed by atoms with Gasteiger partial charge in [-0.2, -0.15) is 10.1 Å². The molecule has 0 spiro atoms. The van der Waals surface area contributed by atoms with E-state index in [2.05, 4.69) is 20.4 Å². The zero-order valence-electron chi connectivity index (χ0n) is 15.7. The van der Waals surface area contributed by atoms with E-state index in [0.717, 1.165) is 0 Å². The Kier molecular flexibility index (Phi) is 5.83. The number of H-pyrrole nitrogens is 1. The minimum absolute atomic E-state index is 0.0144. The van der Waals surface area contributed by atoms with Crippen molar-refractivity contribution in [1.29, 1.82) is 0 Å². The summed E-state index contributed by atoms with van der Waals surface area (Å²) < 4.78 is 7.18. The minimum Gasteiger partial charge on any atom is -0.489 e. The highest BCUT2D eigenvalue weighted by molar-refractivity contribution is 6.42. The molecule has 0 aliphatic rings. The minimum atomic E-state index is -0.872. The fourth-order valence-corrected chi connectivity index (χ4v) is 2.89. The molecule has 2 heterocycles. The van der Waals surface area contributed by atoms with Crippen LogP contribution in [0.5, 0.6) is 5.75 Å². The number of benzene rings is 1. The third kappa shape index (κ3) is 4.40. The van der Waals surface area contributed by atoms with Gasteiger partial charge in [0.1, 0.15) is 28.9 Å². The number of halogens is 2. The summed E-state index contributed by atoms with van der Waals surface area (Å²) in [6.07, 6.45) is 0.622. The van der Waals surface area contributed by atoms with Gasteiger partial charge in [0.05, 0.1) is 16.8 Å². The summed E-state index contributed by atoms with van der Waals surface area (Å²) in [6.45, 7) is 6.00. The van der Waals surface area contributed by atoms with Crippen molar-refractivity contribution in [2.45, 2.75) is 32.4 Å². The number of hydrogen-bond donors (Lipinski definition) is 3. The lowest BCUT2D eigenvalue weighted by molar-refractivity contribution is 0.117. The van der Waals surface area contributed by atoms with Crippen LogP contribution in [0.4, 0.5) is 5.95 Å². The van der Waals surface area contributed by atoms with Gasteiger partial charge in [0.2, 0.25) is 5.95 Å². The molecule has 0 aliphatic heterocycles. The highest BCUT2D eigenvalue weighted by atomic mass is 35.5. The molecule has 0 radical (unpaired) electrons. The monoisotopic (exact) mass is 425 g/mol. The largest absolute Gasteiger partial charge is 0.489 e. The second kappa shape index (κ2) is 7.98. The van der Waals surface area contributed by atoms with E-state index < -0.39 is 6.10 Å². The molecule has 3 rings (SSSR count). The van der Waals surface area contributed by atoms with Crippen LogP contribution in [0.1, 0.15) is 20.8 Å². The van der Waals surface area contributed by atoms with Crippen molar-refractivity contribution in [1.82, 2.24) is 19.7 Å². The molecule has 0 bridgehead atoms. The molecule has 3 N–H and O–H groups in total. The number of aliphatic hydroxyl groups excluding tert-OH is 1. The quantitative estimate of drug-likeness (QED) is 0.560. The third-order valence-corrected chi connectivity index (χ3v) is 4.73. The molecule has 28 heavy (non-hydrogen) atoms. The van der Waals surface area contributed by atoms with E-state index in [-0.39, 0.29) is 35.2 Å². The molecule has 0 amide bonds. The fourth-order valence-electron chi connectivity index (χ4n) is 2.55. The van der Waals surface area contributed by atoms with Crippen molar-refractivity contribution in [2.75, 3.05) is 18.5 Å². The van der Waals surface area contributed by atoms with Gasteiger partial charge in [-0.3, -0.25) is 9.78 Å². The molecule has 0 aliphatic carbocycles. The lowest BCUT2D eigenvalue weighted by atomic mass is 10.1. The van der Waals surface area contributed by atoms with Gasteiger partial charge in [-0.25, -0.2) is 4.68 Å². The molecule has 10 heteroatoms. The number of fused-ring (bicyclic) bond motifs is 1. The molecule has 0 saturated carbocycles. The van der Waals surface area contributed by atoms with E-state index in [9.17, 15) is 9.90 Å². The van der Waals surface area contributed by atoms with Crippen molar-refractivity contribution in [3.05, 3.63) is 44.8 Å². The standard InChI is InChI=1S/C18H21Cl2N5O3/c1-18(2,3)25-15-11(8-22-25)16(27)24-17(23-15)21-7-10(26)9-28-13-6-4-5-12(19)14(13)20/h4-6,8,10,26H,7,9H2,1-3H3,(H2,21,23,24,27). The van der Waals surface area contributed by atoms with Crippen molar-refractivity contribution in [3.63, 3.8) is 0 Å². The van der Waals surface area contributed by atoms with Crippen molar-refractivity contribution in [3.8, 4) is 5.75 Å². The Morgan fingerprint density at radius 3 is 2.82 bits per heavy atom. The Labute approximate surface area is 171 Å². The maximum atomic E-state index is 12.3. The smallest absolute Gasteiger partial charge is 0.263 e. The second-order valence-corrected chi connectivity index (χ2v) is 8.06. The maximum Gasteiger partial charge on any atom is 0.263 e. The summed E-state index contributed by atoms with van der Waals surface area (Å²) in [5.41, 5.74) is -0.168. The number of nitrogens with zero attached hydrogens (tertiary/aromatic N) is 3. The number of anilines is 1. The number of hydrogen-bond acceptors (Lipinski definition) is 6. The first-order valence-electron chi connectivity index (χ1n) is 8.64. The first kappa shape index (κ1) is 20.4. The Morgan fingerprint density at radius 1 is 1.36 bits per heavy atom. The second-order valence-electron chi connectivity index (χ2n) is 7.28. The Balaban J connectivity index is 1.67. The van der Waals surface area contributed by atoms with Crippen LogP contribution in [0.3, 0.4) is 0 Å². The van der Waals surface area contributed by atoms with Crippen LogP contribution in [0.25, 0.3) is 11.0 Å². The summed E-state index contributed by atoms with van der Waals surface area (Å²) >= 11 is 12.0. The summed E-state index contributed by atoms with van der Waals surface area (Å²) in [5.74, 6) is 0.624. The third-order valence-electron chi connectivity index (χ3n) is 3.93. The van der Waals surface area contributed by atoms with Gasteiger partial charge in [-0.1, -0.05) is 29.3 Å². The molecular weight excluding hydrogens is 405 g/mol. The van der Waals surface area contributed by atoms with E-state index in [1.165, 1.54) is 6.20 Å². The number of aliphatic hydroxyl groups is 1. The van der Waals surface area contributed by atoms with Gasteiger partial charge >= 0.3 is 0 Å². The SMILES string of the molecule is CC(C)(C)n1ncc2c(=O)[nH]c(NCC(O)COc3cccc(Cl)c3Cl)nc21. The molecule has 150 valence electrons. The van der Waals surface area contributed by atoms with Gasteiger partial charge in [0.25, 0.3) is 5.56 Å². The molecule has 1 atom stereocenters. The van der Waals surface area contributed by atoms with E-state index in [4.69, 9.17) is 27.9 Å². The van der Waals surface area contributed by atoms with E-state index in [1.54, 1.807) is 22.9 Å². The van der Waals surface area contributed by atoms with Crippen LogP contribution in [-0.4, -0.2) is 44.1 Å². The molecule has 2 aromatic heterocycles. The highest BCUT2D eigenvalue weighted by Crippen LogP contribution is 2.31. The van der Waals surface area contributed by atoms with E-state index >= 15 is 0 Å². The first-order chi connectivity index (χ1) is 13.2. The number of ether oxygens (including phenoxy) is 1. The summed E-state index contributed by atoms with van der Waals surface area (Å²) in [7, 11) is 0. The van der Waals surface area contributed by atoms with Gasteiger partial charge < -0.3 is 15.2 Å². The predicted molar refractivity (Wildman–Crippen MR) is 110 cm³/mol. The Bertz CT molecular complexity index is 1040. The molecule has 3 aromatic rings. The Morgan fingerprint density at radius 2 is 2.11 bits per heavy atom. The van der Waals surface area contributed by atoms with Crippen molar-refractivity contribution >= 4 is 40.2 Å². The highest BCUT2D eigenvalue weighted by Gasteiger charge is 2.20. The van der Waals surface area contributed by atoms with Crippen LogP contribution < -0.4 is 15.6 Å². The maximum absolute atomic E-state index is 12.3. The van der Waals surface area contributed by atoms with Crippen LogP contribution in [0.2, 0.25) is 10.0 Å². The fraction of sp³-hybridized carbons (Fsp3) is 0.389. The number of rotatable bonds is 6. The van der Waals surface area contributed by atoms with Gasteiger partial charge in [-0.05, 0) is 32.9 Å². The van der Waals surface area contributed by atoms with Crippen LogP contribution in [-0.2, 0) is 5.54 Å². The zero-order chi connectivity index (χ0) is 20.5. The Hall–Kier alpha value is -2.29. The summed E-state index contributed by atoms with van der Waals surface area (Å²) in [4.78, 5) is 19.3. The summed E-state index contributed by atoms with van der Waals surface area (Å²) in [6, 6.07) is 5.01. The van der Waals surface area contributed by atoms with Crippen molar-refractivity contribution < 1.29 is 9.84 Å². The van der Waals surface area contributed by atoms with Crippen LogP contribution in [0.15, 0.2) is 29.2 Å². The molecule has 8 nitrogen and oxygen atoms in total. The van der Waals surface area contributed by atoms with E-state index in [1.807, 2.05) is 20.8 Å². The van der Waals surface area contributed by atoms with Crippen LogP contribution in [0, 0.1) is 0 Å². The lowest BCUT2D eigenvalue weighted by Gasteiger charge is -2.20. The van der Waals surface area contributed by atoms with Crippen LogP contribution >= 0.6 is 23.2 Å². The van der Waals surface area contributed by atoms with E-state index in [0.29, 0.717) is 21.8 Å². The number of nitrogens with one attached hydrogen (secondary N) is 2. The zero-order valence-corrected chi connectivity index (χ0v) is 17.2. The molecular formula is C18H21Cl2N5O3. The molecule has 0 fully saturated rings. The number of aromatic nitrogens is 4.